The number of aryl methyl sites for hydroxylation is 3. The van der Waals surface area contributed by atoms with Crippen LogP contribution in [0.4, 0.5) is 0 Å². The van der Waals surface area contributed by atoms with Crippen LogP contribution in [0.1, 0.15) is 29.1 Å². The van der Waals surface area contributed by atoms with Gasteiger partial charge in [-0.1, -0.05) is 0 Å². The van der Waals surface area contributed by atoms with Gasteiger partial charge in [0.05, 0.1) is 5.39 Å². The molecule has 1 aliphatic rings. The minimum absolute atomic E-state index is 0.742. The van der Waals surface area contributed by atoms with E-state index in [9.17, 15) is 0 Å². The maximum absolute atomic E-state index is 4.63. The number of nitrogens with zero attached hydrogens (tertiary/aromatic N) is 6. The molecule has 0 atom stereocenters. The van der Waals surface area contributed by atoms with Crippen LogP contribution in [-0.2, 0) is 12.8 Å². The minimum atomic E-state index is 0.742. The highest BCUT2D eigenvalue weighted by Gasteiger charge is 2.22. The Balaban J connectivity index is 2.12. The van der Waals surface area contributed by atoms with Gasteiger partial charge in [-0.25, -0.2) is 4.98 Å². The van der Waals surface area contributed by atoms with Gasteiger partial charge in [0.1, 0.15) is 17.0 Å². The van der Waals surface area contributed by atoms with Gasteiger partial charge in [0.15, 0.2) is 5.65 Å². The summed E-state index contributed by atoms with van der Waals surface area (Å²) in [6.07, 6.45) is 6.64. The molecule has 0 spiro atoms. The van der Waals surface area contributed by atoms with Crippen molar-refractivity contribution in [2.45, 2.75) is 32.6 Å². The third-order valence-electron chi connectivity index (χ3n) is 4.03. The molecule has 0 saturated carbocycles. The van der Waals surface area contributed by atoms with Crippen molar-refractivity contribution >= 4 is 33.0 Å². The fraction of sp³-hybridized carbons (Fsp3) is 0.385. The first-order valence-corrected chi connectivity index (χ1v) is 7.64. The van der Waals surface area contributed by atoms with Crippen LogP contribution in [0.2, 0.25) is 0 Å². The second-order valence-electron chi connectivity index (χ2n) is 5.29. The first-order chi connectivity index (χ1) is 9.83. The van der Waals surface area contributed by atoms with E-state index in [0.717, 1.165) is 23.7 Å². The van der Waals surface area contributed by atoms with Crippen LogP contribution in [-0.4, -0.2) is 29.2 Å². The van der Waals surface area contributed by atoms with Crippen LogP contribution in [0.5, 0.6) is 0 Å². The Morgan fingerprint density at radius 1 is 1.25 bits per heavy atom. The van der Waals surface area contributed by atoms with Crippen molar-refractivity contribution in [3.05, 3.63) is 22.6 Å². The molecule has 20 heavy (non-hydrogen) atoms. The predicted octanol–water partition coefficient (Wildman–Crippen LogP) is 2.17. The summed E-state index contributed by atoms with van der Waals surface area (Å²) < 4.78 is 3.87. The molecular weight excluding hydrogens is 272 g/mol. The van der Waals surface area contributed by atoms with Gasteiger partial charge in [0.25, 0.3) is 5.78 Å². The van der Waals surface area contributed by atoms with Crippen LogP contribution in [0.15, 0.2) is 6.33 Å². The van der Waals surface area contributed by atoms with Crippen LogP contribution in [0, 0.1) is 6.92 Å². The summed E-state index contributed by atoms with van der Waals surface area (Å²) >= 11 is 1.86. The molecule has 4 aromatic rings. The molecule has 0 saturated heterocycles. The lowest BCUT2D eigenvalue weighted by molar-refractivity contribution is 0.700. The molecule has 0 N–H and O–H groups in total. The van der Waals surface area contributed by atoms with Gasteiger partial charge in [-0.15, -0.1) is 26.6 Å². The fourth-order valence-electron chi connectivity index (χ4n) is 3.18. The first-order valence-electron chi connectivity index (χ1n) is 6.82. The summed E-state index contributed by atoms with van der Waals surface area (Å²) in [4.78, 5) is 7.33. The largest absolute Gasteiger partial charge is 0.259 e. The summed E-state index contributed by atoms with van der Waals surface area (Å²) in [5, 5.41) is 14.0. The lowest BCUT2D eigenvalue weighted by Crippen LogP contribution is -2.01. The van der Waals surface area contributed by atoms with E-state index in [-0.39, 0.29) is 0 Å². The van der Waals surface area contributed by atoms with Crippen LogP contribution >= 0.6 is 11.3 Å². The average Bonchev–Trinajstić information content (AvgIpc) is 3.11. The smallest absolute Gasteiger partial charge is 0.256 e. The number of hydrogen-bond donors (Lipinski definition) is 0. The molecule has 0 radical (unpaired) electrons. The molecule has 4 aromatic heterocycles. The molecule has 0 unspecified atom stereocenters. The van der Waals surface area contributed by atoms with Crippen molar-refractivity contribution < 1.29 is 0 Å². The lowest BCUT2D eigenvalue weighted by Gasteiger charge is -2.10. The van der Waals surface area contributed by atoms with E-state index in [4.69, 9.17) is 0 Å². The van der Waals surface area contributed by atoms with E-state index in [2.05, 4.69) is 20.3 Å². The highest BCUT2D eigenvalue weighted by Crippen LogP contribution is 2.38. The van der Waals surface area contributed by atoms with Crippen molar-refractivity contribution in [2.75, 3.05) is 0 Å². The molecule has 0 bridgehead atoms. The first kappa shape index (κ1) is 10.7. The Labute approximate surface area is 118 Å². The van der Waals surface area contributed by atoms with E-state index >= 15 is 0 Å². The van der Waals surface area contributed by atoms with Crippen molar-refractivity contribution in [2.24, 2.45) is 0 Å². The van der Waals surface area contributed by atoms with E-state index in [1.165, 1.54) is 39.9 Å². The Morgan fingerprint density at radius 3 is 3.10 bits per heavy atom. The van der Waals surface area contributed by atoms with Gasteiger partial charge in [0.2, 0.25) is 0 Å². The normalized spacial score (nSPS) is 15.4. The third kappa shape index (κ3) is 1.19. The third-order valence-corrected chi connectivity index (χ3v) is 5.32. The maximum atomic E-state index is 4.63. The molecule has 0 fully saturated rings. The minimum Gasteiger partial charge on any atom is -0.256 e. The molecule has 0 aliphatic heterocycles. The lowest BCUT2D eigenvalue weighted by atomic mass is 9.97. The predicted molar refractivity (Wildman–Crippen MR) is 76.3 cm³/mol. The molecule has 1 aliphatic carbocycles. The van der Waals surface area contributed by atoms with E-state index < -0.39 is 0 Å². The number of fused-ring (bicyclic) bond motifs is 8. The summed E-state index contributed by atoms with van der Waals surface area (Å²) in [5.74, 6) is 1.52. The second kappa shape index (κ2) is 3.54. The fourth-order valence-corrected chi connectivity index (χ4v) is 4.54. The van der Waals surface area contributed by atoms with Gasteiger partial charge in [0, 0.05) is 4.88 Å². The molecule has 0 aromatic carbocycles. The summed E-state index contributed by atoms with van der Waals surface area (Å²) in [5.41, 5.74) is 2.39. The van der Waals surface area contributed by atoms with Gasteiger partial charge in [-0.2, -0.15) is 4.52 Å². The quantitative estimate of drug-likeness (QED) is 0.496. The van der Waals surface area contributed by atoms with E-state index in [1.54, 1.807) is 6.33 Å². The molecule has 6 nitrogen and oxygen atoms in total. The number of thiophene rings is 1. The molecule has 0 amide bonds. The van der Waals surface area contributed by atoms with Crippen LogP contribution in [0.25, 0.3) is 21.6 Å². The second-order valence-corrected chi connectivity index (χ2v) is 6.37. The highest BCUT2D eigenvalue weighted by atomic mass is 32.1. The van der Waals surface area contributed by atoms with Gasteiger partial charge in [-0.3, -0.25) is 4.40 Å². The average molecular weight is 284 g/mol. The van der Waals surface area contributed by atoms with E-state index in [0.29, 0.717) is 0 Å². The Morgan fingerprint density at radius 2 is 2.15 bits per heavy atom. The molecule has 4 heterocycles. The summed E-state index contributed by atoms with van der Waals surface area (Å²) in [6.45, 7) is 1.92. The van der Waals surface area contributed by atoms with Gasteiger partial charge >= 0.3 is 0 Å². The zero-order valence-electron chi connectivity index (χ0n) is 11.0. The van der Waals surface area contributed by atoms with Crippen LogP contribution in [0.3, 0.4) is 0 Å². The van der Waals surface area contributed by atoms with Gasteiger partial charge in [-0.05, 0) is 38.2 Å². The standard InChI is InChI=1S/C13H12N6S/c1-7-15-11-10-8-4-2-3-5-9(8)20-12(10)18-6-14-16-13(18)19(11)17-7/h6H,2-5H2,1H3. The van der Waals surface area contributed by atoms with Crippen molar-refractivity contribution in [1.29, 1.82) is 0 Å². The SMILES string of the molecule is Cc1nc2c3c4c(sc3n3cnnc3n2n1)CCCC4. The Bertz CT molecular complexity index is 975. The zero-order valence-corrected chi connectivity index (χ0v) is 11.8. The molecule has 100 valence electrons. The Hall–Kier alpha value is -2.02. The number of aromatic nitrogens is 6. The molecule has 7 heteroatoms. The Kier molecular flexibility index (Phi) is 1.90. The summed E-state index contributed by atoms with van der Waals surface area (Å²) in [6, 6.07) is 0. The maximum Gasteiger partial charge on any atom is 0.259 e. The van der Waals surface area contributed by atoms with Gasteiger partial charge < -0.3 is 0 Å². The number of hydrogen-bond acceptors (Lipinski definition) is 5. The topological polar surface area (TPSA) is 60.4 Å². The highest BCUT2D eigenvalue weighted by molar-refractivity contribution is 7.19. The van der Waals surface area contributed by atoms with Crippen molar-refractivity contribution in [3.8, 4) is 0 Å². The van der Waals surface area contributed by atoms with Crippen molar-refractivity contribution in [3.63, 3.8) is 0 Å². The molecule has 5 rings (SSSR count). The molecular formula is C13H12N6S. The number of rotatable bonds is 0. The zero-order chi connectivity index (χ0) is 13.3. The van der Waals surface area contributed by atoms with Crippen molar-refractivity contribution in [1.82, 2.24) is 29.2 Å². The monoisotopic (exact) mass is 284 g/mol. The van der Waals surface area contributed by atoms with E-state index in [1.807, 2.05) is 27.2 Å². The summed E-state index contributed by atoms with van der Waals surface area (Å²) in [7, 11) is 0. The van der Waals surface area contributed by atoms with Crippen LogP contribution < -0.4 is 0 Å².